The zero-order valence-electron chi connectivity index (χ0n) is 20.2. The number of aromatic nitrogens is 4. The molecule has 0 bridgehead atoms. The first-order valence-electron chi connectivity index (χ1n) is 12.5. The molecule has 6 N–H and O–H groups in total. The second-order valence-electron chi connectivity index (χ2n) is 9.23. The lowest BCUT2D eigenvalue weighted by Gasteiger charge is -2.24. The molecule has 0 saturated carbocycles. The highest BCUT2D eigenvalue weighted by atomic mass is 16.5. The number of imidazole rings is 2. The number of nitrogens with zero attached hydrogens (tertiary/aromatic N) is 2. The molecule has 9 nitrogen and oxygen atoms in total. The smallest absolute Gasteiger partial charge is 0.151 e. The Labute approximate surface area is 209 Å². The Morgan fingerprint density at radius 2 is 2.03 bits per heavy atom. The lowest BCUT2D eigenvalue weighted by atomic mass is 10.0. The third-order valence-electron chi connectivity index (χ3n) is 6.75. The van der Waals surface area contributed by atoms with E-state index in [1.165, 1.54) is 6.21 Å². The van der Waals surface area contributed by atoms with E-state index in [4.69, 9.17) is 10.1 Å². The van der Waals surface area contributed by atoms with Crippen molar-refractivity contribution in [3.63, 3.8) is 0 Å². The van der Waals surface area contributed by atoms with Gasteiger partial charge in [-0.3, -0.25) is 0 Å². The number of H-pyrrole nitrogens is 2. The molecule has 1 unspecified atom stereocenters. The van der Waals surface area contributed by atoms with E-state index in [1.54, 1.807) is 0 Å². The van der Waals surface area contributed by atoms with E-state index in [9.17, 15) is 0 Å². The summed E-state index contributed by atoms with van der Waals surface area (Å²) in [6, 6.07) is 10.3. The molecule has 184 valence electrons. The molecule has 0 amide bonds. The van der Waals surface area contributed by atoms with Crippen LogP contribution in [-0.4, -0.2) is 39.2 Å². The van der Waals surface area contributed by atoms with Gasteiger partial charge in [0.25, 0.3) is 0 Å². The summed E-state index contributed by atoms with van der Waals surface area (Å²) in [5.74, 6) is 3.28. The molecule has 2 aromatic heterocycles. The zero-order valence-corrected chi connectivity index (χ0v) is 20.2. The number of aromatic amines is 2. The van der Waals surface area contributed by atoms with Gasteiger partial charge in [0.15, 0.2) is 11.5 Å². The van der Waals surface area contributed by atoms with Crippen molar-refractivity contribution in [3.8, 4) is 34.0 Å². The molecular formula is C27H30N8O. The van der Waals surface area contributed by atoms with Crippen molar-refractivity contribution in [1.29, 1.82) is 5.41 Å². The van der Waals surface area contributed by atoms with Crippen LogP contribution in [0.2, 0.25) is 0 Å². The fraction of sp³-hybridized carbons (Fsp3) is 0.296. The number of nitrogens with one attached hydrogen (secondary N) is 6. The van der Waals surface area contributed by atoms with Crippen molar-refractivity contribution in [2.75, 3.05) is 18.4 Å². The molecule has 9 heteroatoms. The fourth-order valence-corrected chi connectivity index (χ4v) is 4.88. The van der Waals surface area contributed by atoms with Gasteiger partial charge in [-0.2, -0.15) is 0 Å². The van der Waals surface area contributed by atoms with E-state index < -0.39 is 0 Å². The zero-order chi connectivity index (χ0) is 24.5. The lowest BCUT2D eigenvalue weighted by Crippen LogP contribution is -2.14. The molecule has 2 aliphatic rings. The summed E-state index contributed by atoms with van der Waals surface area (Å²) in [7, 11) is 0. The van der Waals surface area contributed by atoms with E-state index in [1.807, 2.05) is 42.7 Å². The van der Waals surface area contributed by atoms with E-state index in [-0.39, 0.29) is 6.04 Å². The second kappa shape index (κ2) is 9.60. The molecule has 36 heavy (non-hydrogen) atoms. The number of hydrogen-bond donors (Lipinski definition) is 6. The Morgan fingerprint density at radius 1 is 1.11 bits per heavy atom. The third kappa shape index (κ3) is 4.16. The monoisotopic (exact) mass is 482 g/mol. The minimum atomic E-state index is 0.265. The summed E-state index contributed by atoms with van der Waals surface area (Å²) < 4.78 is 6.30. The molecule has 1 atom stereocenters. The van der Waals surface area contributed by atoms with Crippen LogP contribution in [0.3, 0.4) is 0 Å². The Kier molecular flexibility index (Phi) is 6.00. The predicted octanol–water partition coefficient (Wildman–Crippen LogP) is 5.24. The van der Waals surface area contributed by atoms with Crippen LogP contribution in [0.5, 0.6) is 11.5 Å². The quantitative estimate of drug-likeness (QED) is 0.133. The van der Waals surface area contributed by atoms with Crippen LogP contribution in [0.25, 0.3) is 22.5 Å². The first kappa shape index (κ1) is 22.5. The van der Waals surface area contributed by atoms with E-state index >= 15 is 0 Å². The highest BCUT2D eigenvalue weighted by Crippen LogP contribution is 2.46. The molecule has 0 spiro atoms. The van der Waals surface area contributed by atoms with Crippen molar-refractivity contribution in [2.24, 2.45) is 0 Å². The van der Waals surface area contributed by atoms with Crippen LogP contribution in [0.1, 0.15) is 49.4 Å². The minimum absolute atomic E-state index is 0.265. The topological polar surface area (TPSA) is 127 Å². The SMILES string of the molecule is CCCNCc1ncc(-c2ccc3c(c2)Oc2ccc(-c4cnc(C5CCCN5)[nH]4)c(C=N)c2N3)[nH]1. The number of anilines is 2. The van der Waals surface area contributed by atoms with Gasteiger partial charge in [-0.15, -0.1) is 0 Å². The normalized spacial score (nSPS) is 16.2. The van der Waals surface area contributed by atoms with Crippen molar-refractivity contribution in [1.82, 2.24) is 30.6 Å². The van der Waals surface area contributed by atoms with Gasteiger partial charge >= 0.3 is 0 Å². The van der Waals surface area contributed by atoms with Crippen LogP contribution < -0.4 is 20.7 Å². The van der Waals surface area contributed by atoms with Gasteiger partial charge in [0.2, 0.25) is 0 Å². The molecule has 0 radical (unpaired) electrons. The maximum absolute atomic E-state index is 8.16. The molecular weight excluding hydrogens is 452 g/mol. The average molecular weight is 483 g/mol. The Bertz CT molecular complexity index is 1400. The highest BCUT2D eigenvalue weighted by molar-refractivity contribution is 5.99. The lowest BCUT2D eigenvalue weighted by molar-refractivity contribution is 0.481. The van der Waals surface area contributed by atoms with Gasteiger partial charge < -0.3 is 36.1 Å². The number of hydrogen-bond acceptors (Lipinski definition) is 7. The maximum atomic E-state index is 8.16. The van der Waals surface area contributed by atoms with Crippen LogP contribution in [0, 0.1) is 5.41 Å². The van der Waals surface area contributed by atoms with Gasteiger partial charge in [-0.25, -0.2) is 9.97 Å². The summed E-state index contributed by atoms with van der Waals surface area (Å²) in [4.78, 5) is 15.9. The predicted molar refractivity (Wildman–Crippen MR) is 141 cm³/mol. The van der Waals surface area contributed by atoms with E-state index in [0.717, 1.165) is 89.2 Å². The number of ether oxygens (including phenoxy) is 1. The Balaban J connectivity index is 1.26. The molecule has 1 saturated heterocycles. The van der Waals surface area contributed by atoms with Gasteiger partial charge in [-0.05, 0) is 56.6 Å². The average Bonchev–Trinajstić information content (AvgIpc) is 3.68. The Hall–Kier alpha value is -3.95. The van der Waals surface area contributed by atoms with Crippen molar-refractivity contribution in [3.05, 3.63) is 59.9 Å². The highest BCUT2D eigenvalue weighted by Gasteiger charge is 2.24. The number of benzene rings is 2. The van der Waals surface area contributed by atoms with Crippen LogP contribution in [-0.2, 0) is 6.54 Å². The molecule has 4 heterocycles. The van der Waals surface area contributed by atoms with Crippen LogP contribution in [0.15, 0.2) is 42.7 Å². The largest absolute Gasteiger partial charge is 0.453 e. The standard InChI is InChI=1S/C27H30N8O/c1-2-9-29-15-25-31-13-21(33-25)16-5-7-19-24(11-16)36-23-8-6-17(18(12-28)26(23)34-19)22-14-32-27(35-22)20-4-3-10-30-20/h5-8,11-14,20,28-30,34H,2-4,9-10,15H2,1H3,(H,31,33)(H,32,35). The van der Waals surface area contributed by atoms with Gasteiger partial charge in [0, 0.05) is 22.9 Å². The summed E-state index contributed by atoms with van der Waals surface area (Å²) in [6.45, 7) is 4.85. The molecule has 1 fully saturated rings. The minimum Gasteiger partial charge on any atom is -0.453 e. The number of rotatable bonds is 8. The summed E-state index contributed by atoms with van der Waals surface area (Å²) in [5.41, 5.74) is 6.16. The van der Waals surface area contributed by atoms with Crippen LogP contribution in [0.4, 0.5) is 11.4 Å². The Morgan fingerprint density at radius 3 is 2.86 bits per heavy atom. The van der Waals surface area contributed by atoms with Crippen molar-refractivity contribution in [2.45, 2.75) is 38.8 Å². The third-order valence-corrected chi connectivity index (χ3v) is 6.75. The molecule has 4 aromatic rings. The molecule has 0 aliphatic carbocycles. The first-order valence-corrected chi connectivity index (χ1v) is 12.5. The van der Waals surface area contributed by atoms with Crippen molar-refractivity contribution < 1.29 is 4.74 Å². The molecule has 2 aromatic carbocycles. The maximum Gasteiger partial charge on any atom is 0.151 e. The van der Waals surface area contributed by atoms with E-state index in [2.05, 4.69) is 42.8 Å². The summed E-state index contributed by atoms with van der Waals surface area (Å²) in [5, 5.41) is 18.5. The fourth-order valence-electron chi connectivity index (χ4n) is 4.88. The van der Waals surface area contributed by atoms with Crippen LogP contribution >= 0.6 is 0 Å². The van der Waals surface area contributed by atoms with Gasteiger partial charge in [0.1, 0.15) is 11.6 Å². The van der Waals surface area contributed by atoms with Gasteiger partial charge in [-0.1, -0.05) is 13.0 Å². The van der Waals surface area contributed by atoms with Gasteiger partial charge in [0.05, 0.1) is 47.7 Å². The van der Waals surface area contributed by atoms with Crippen molar-refractivity contribution >= 4 is 17.6 Å². The molecule has 2 aliphatic heterocycles. The van der Waals surface area contributed by atoms with E-state index in [0.29, 0.717) is 12.3 Å². The summed E-state index contributed by atoms with van der Waals surface area (Å²) in [6.07, 6.45) is 8.41. The number of fused-ring (bicyclic) bond motifs is 2. The second-order valence-corrected chi connectivity index (χ2v) is 9.23. The summed E-state index contributed by atoms with van der Waals surface area (Å²) >= 11 is 0. The molecule has 6 rings (SSSR count). The first-order chi connectivity index (χ1) is 17.7.